The molecule has 0 aliphatic heterocycles. The molecule has 138 valence electrons. The molecule has 0 bridgehead atoms. The molecular weight excluding hydrogens is 329 g/mol. The Labute approximate surface area is 154 Å². The Morgan fingerprint density at radius 1 is 1.08 bits per heavy atom. The van der Waals surface area contributed by atoms with Crippen LogP contribution in [0.15, 0.2) is 48.5 Å². The Hall–Kier alpha value is -2.36. The molecule has 0 spiro atoms. The van der Waals surface area contributed by atoms with Crippen molar-refractivity contribution in [2.75, 3.05) is 11.9 Å². The van der Waals surface area contributed by atoms with Gasteiger partial charge in [-0.05, 0) is 49.6 Å². The molecule has 2 aromatic rings. The zero-order valence-electron chi connectivity index (χ0n) is 15.3. The predicted molar refractivity (Wildman–Crippen MR) is 102 cm³/mol. The maximum atomic E-state index is 14.5. The van der Waals surface area contributed by atoms with Gasteiger partial charge in [0.1, 0.15) is 11.6 Å². The number of carbonyl (C=O) groups is 1. The van der Waals surface area contributed by atoms with Crippen LogP contribution in [0.5, 0.6) is 5.75 Å². The summed E-state index contributed by atoms with van der Waals surface area (Å²) in [6.45, 7) is 2.73. The fourth-order valence-electron chi connectivity index (χ4n) is 3.73. The second-order valence-corrected chi connectivity index (χ2v) is 6.95. The molecule has 0 atom stereocenters. The lowest BCUT2D eigenvalue weighted by Crippen LogP contribution is -2.42. The molecule has 4 heteroatoms. The minimum atomic E-state index is -0.791. The van der Waals surface area contributed by atoms with Crippen molar-refractivity contribution in [1.82, 2.24) is 0 Å². The number of carbonyl (C=O) groups excluding carboxylic acids is 1. The number of anilines is 1. The summed E-state index contributed by atoms with van der Waals surface area (Å²) in [5.74, 6) is 0.365. The van der Waals surface area contributed by atoms with E-state index in [1.54, 1.807) is 12.1 Å². The Morgan fingerprint density at radius 3 is 2.42 bits per heavy atom. The molecule has 3 rings (SSSR count). The standard InChI is InChI=1S/C22H26FNO2/c1-2-16-26-18-12-10-17(11-13-18)24-21(25)22(14-6-3-7-15-22)19-8-4-5-9-20(19)23/h4-5,8-13H,2-3,6-7,14-16H2,1H3,(H,24,25). The van der Waals surface area contributed by atoms with Crippen molar-refractivity contribution in [2.24, 2.45) is 0 Å². The molecule has 2 aromatic carbocycles. The molecule has 0 radical (unpaired) electrons. The Bertz CT molecular complexity index is 736. The van der Waals surface area contributed by atoms with E-state index in [1.807, 2.05) is 30.3 Å². The zero-order valence-corrected chi connectivity index (χ0v) is 15.3. The van der Waals surface area contributed by atoms with E-state index in [1.165, 1.54) is 6.07 Å². The number of hydrogen-bond acceptors (Lipinski definition) is 2. The maximum absolute atomic E-state index is 14.5. The Morgan fingerprint density at radius 2 is 1.77 bits per heavy atom. The highest BCUT2D eigenvalue weighted by molar-refractivity contribution is 5.99. The zero-order chi connectivity index (χ0) is 18.4. The van der Waals surface area contributed by atoms with Crippen LogP contribution in [-0.4, -0.2) is 12.5 Å². The van der Waals surface area contributed by atoms with Gasteiger partial charge in [0.2, 0.25) is 5.91 Å². The van der Waals surface area contributed by atoms with E-state index in [-0.39, 0.29) is 11.7 Å². The quantitative estimate of drug-likeness (QED) is 0.748. The molecular formula is C22H26FNO2. The first kappa shape index (κ1) is 18.4. The number of rotatable bonds is 6. The van der Waals surface area contributed by atoms with Crippen molar-refractivity contribution in [1.29, 1.82) is 0 Å². The smallest absolute Gasteiger partial charge is 0.235 e. The van der Waals surface area contributed by atoms with Crippen LogP contribution in [0.25, 0.3) is 0 Å². The molecule has 1 amide bonds. The lowest BCUT2D eigenvalue weighted by Gasteiger charge is -2.36. The molecule has 1 aliphatic rings. The van der Waals surface area contributed by atoms with Gasteiger partial charge in [0.15, 0.2) is 0 Å². The van der Waals surface area contributed by atoms with Gasteiger partial charge in [-0.15, -0.1) is 0 Å². The van der Waals surface area contributed by atoms with Gasteiger partial charge in [-0.25, -0.2) is 4.39 Å². The lowest BCUT2D eigenvalue weighted by molar-refractivity contribution is -0.122. The summed E-state index contributed by atoms with van der Waals surface area (Å²) in [5, 5.41) is 3.00. The Balaban J connectivity index is 1.81. The molecule has 3 nitrogen and oxygen atoms in total. The van der Waals surface area contributed by atoms with Crippen molar-refractivity contribution < 1.29 is 13.9 Å². The molecule has 1 saturated carbocycles. The predicted octanol–water partition coefficient (Wildman–Crippen LogP) is 5.46. The first-order chi connectivity index (χ1) is 12.7. The van der Waals surface area contributed by atoms with Crippen LogP contribution in [0.4, 0.5) is 10.1 Å². The summed E-state index contributed by atoms with van der Waals surface area (Å²) in [4.78, 5) is 13.2. The largest absolute Gasteiger partial charge is 0.494 e. The van der Waals surface area contributed by atoms with Crippen LogP contribution in [0, 0.1) is 5.82 Å². The maximum Gasteiger partial charge on any atom is 0.235 e. The van der Waals surface area contributed by atoms with Crippen molar-refractivity contribution in [2.45, 2.75) is 50.9 Å². The van der Waals surface area contributed by atoms with E-state index in [9.17, 15) is 9.18 Å². The third kappa shape index (κ3) is 3.90. The Kier molecular flexibility index (Phi) is 5.92. The van der Waals surface area contributed by atoms with E-state index in [0.29, 0.717) is 30.7 Å². The van der Waals surface area contributed by atoms with E-state index >= 15 is 0 Å². The first-order valence-corrected chi connectivity index (χ1v) is 9.45. The third-order valence-corrected chi connectivity index (χ3v) is 5.12. The van der Waals surface area contributed by atoms with E-state index < -0.39 is 5.41 Å². The van der Waals surface area contributed by atoms with Crippen molar-refractivity contribution >= 4 is 11.6 Å². The molecule has 0 aromatic heterocycles. The van der Waals surface area contributed by atoms with E-state index in [4.69, 9.17) is 4.74 Å². The molecule has 1 aliphatic carbocycles. The number of nitrogens with one attached hydrogen (secondary N) is 1. The van der Waals surface area contributed by atoms with Gasteiger partial charge in [0.25, 0.3) is 0 Å². The summed E-state index contributed by atoms with van der Waals surface area (Å²) in [6, 6.07) is 14.0. The monoisotopic (exact) mass is 355 g/mol. The van der Waals surface area contributed by atoms with E-state index in [0.717, 1.165) is 31.4 Å². The van der Waals surface area contributed by atoms with Gasteiger partial charge >= 0.3 is 0 Å². The van der Waals surface area contributed by atoms with Crippen molar-refractivity contribution in [3.05, 3.63) is 59.9 Å². The molecule has 1 N–H and O–H groups in total. The van der Waals surface area contributed by atoms with Gasteiger partial charge in [-0.3, -0.25) is 4.79 Å². The molecule has 0 unspecified atom stereocenters. The fraction of sp³-hybridized carbons (Fsp3) is 0.409. The van der Waals surface area contributed by atoms with Gasteiger partial charge < -0.3 is 10.1 Å². The number of halogens is 1. The van der Waals surface area contributed by atoms with Crippen LogP contribution in [0.1, 0.15) is 51.0 Å². The van der Waals surface area contributed by atoms with Crippen LogP contribution in [-0.2, 0) is 10.2 Å². The van der Waals surface area contributed by atoms with Crippen LogP contribution < -0.4 is 10.1 Å². The minimum Gasteiger partial charge on any atom is -0.494 e. The summed E-state index contributed by atoms with van der Waals surface area (Å²) < 4.78 is 20.1. The summed E-state index contributed by atoms with van der Waals surface area (Å²) in [6.07, 6.45) is 5.27. The normalized spacial score (nSPS) is 16.1. The number of amides is 1. The summed E-state index contributed by atoms with van der Waals surface area (Å²) in [7, 11) is 0. The van der Waals surface area contributed by atoms with Crippen LogP contribution >= 0.6 is 0 Å². The third-order valence-electron chi connectivity index (χ3n) is 5.12. The average molecular weight is 355 g/mol. The van der Waals surface area contributed by atoms with Gasteiger partial charge in [-0.1, -0.05) is 44.4 Å². The fourth-order valence-corrected chi connectivity index (χ4v) is 3.73. The van der Waals surface area contributed by atoms with E-state index in [2.05, 4.69) is 12.2 Å². The highest BCUT2D eigenvalue weighted by atomic mass is 19.1. The summed E-state index contributed by atoms with van der Waals surface area (Å²) in [5.41, 5.74) is 0.432. The first-order valence-electron chi connectivity index (χ1n) is 9.45. The average Bonchev–Trinajstić information content (AvgIpc) is 2.68. The molecule has 1 fully saturated rings. The van der Waals surface area contributed by atoms with Gasteiger partial charge in [0.05, 0.1) is 12.0 Å². The van der Waals surface area contributed by atoms with Crippen LogP contribution in [0.2, 0.25) is 0 Å². The van der Waals surface area contributed by atoms with Gasteiger partial charge in [0, 0.05) is 11.3 Å². The molecule has 26 heavy (non-hydrogen) atoms. The second-order valence-electron chi connectivity index (χ2n) is 6.95. The minimum absolute atomic E-state index is 0.121. The summed E-state index contributed by atoms with van der Waals surface area (Å²) >= 11 is 0. The molecule has 0 heterocycles. The number of ether oxygens (including phenoxy) is 1. The lowest BCUT2D eigenvalue weighted by atomic mass is 9.68. The van der Waals surface area contributed by atoms with Crippen molar-refractivity contribution in [3.8, 4) is 5.75 Å². The molecule has 0 saturated heterocycles. The van der Waals surface area contributed by atoms with Crippen molar-refractivity contribution in [3.63, 3.8) is 0 Å². The topological polar surface area (TPSA) is 38.3 Å². The number of hydrogen-bond donors (Lipinski definition) is 1. The van der Waals surface area contributed by atoms with Crippen LogP contribution in [0.3, 0.4) is 0 Å². The second kappa shape index (κ2) is 8.35. The highest BCUT2D eigenvalue weighted by Crippen LogP contribution is 2.41. The highest BCUT2D eigenvalue weighted by Gasteiger charge is 2.42. The SMILES string of the molecule is CCCOc1ccc(NC(=O)C2(c3ccccc3F)CCCCC2)cc1. The number of benzene rings is 2. The van der Waals surface area contributed by atoms with Gasteiger partial charge in [-0.2, -0.15) is 0 Å².